The van der Waals surface area contributed by atoms with Gasteiger partial charge in [0.2, 0.25) is 17.6 Å². The largest absolute Gasteiger partial charge is 0.497 e. The van der Waals surface area contributed by atoms with Gasteiger partial charge in [0.25, 0.3) is 0 Å². The molecule has 23 heavy (non-hydrogen) atoms. The van der Waals surface area contributed by atoms with Crippen LogP contribution < -0.4 is 15.4 Å². The van der Waals surface area contributed by atoms with Gasteiger partial charge in [-0.15, -0.1) is 0 Å². The minimum absolute atomic E-state index is 0.00898. The Morgan fingerprint density at radius 1 is 1.26 bits per heavy atom. The summed E-state index contributed by atoms with van der Waals surface area (Å²) in [5, 5.41) is 9.83. The van der Waals surface area contributed by atoms with Crippen LogP contribution in [-0.4, -0.2) is 43.3 Å². The van der Waals surface area contributed by atoms with Crippen LogP contribution >= 0.6 is 0 Å². The second kappa shape index (κ2) is 8.89. The van der Waals surface area contributed by atoms with Crippen molar-refractivity contribution in [2.45, 2.75) is 19.3 Å². The first-order valence-corrected chi connectivity index (χ1v) is 7.61. The van der Waals surface area contributed by atoms with Crippen LogP contribution in [0, 0.1) is 0 Å². The SMILES string of the molecule is CNCCCNC(=O)CCc1nc(-c2ccc(OC)cc2)no1. The number of amides is 1. The van der Waals surface area contributed by atoms with Crippen molar-refractivity contribution in [3.05, 3.63) is 30.2 Å². The molecule has 1 aromatic heterocycles. The first kappa shape index (κ1) is 17.0. The van der Waals surface area contributed by atoms with Crippen molar-refractivity contribution < 1.29 is 14.1 Å². The number of rotatable bonds is 9. The zero-order valence-electron chi connectivity index (χ0n) is 13.5. The summed E-state index contributed by atoms with van der Waals surface area (Å²) >= 11 is 0. The number of benzene rings is 1. The van der Waals surface area contributed by atoms with Crippen molar-refractivity contribution in [3.8, 4) is 17.1 Å². The van der Waals surface area contributed by atoms with E-state index in [0.717, 1.165) is 24.3 Å². The molecule has 2 aromatic rings. The summed E-state index contributed by atoms with van der Waals surface area (Å²) < 4.78 is 10.3. The van der Waals surface area contributed by atoms with E-state index in [2.05, 4.69) is 20.8 Å². The number of aryl methyl sites for hydroxylation is 1. The molecular weight excluding hydrogens is 296 g/mol. The molecule has 124 valence electrons. The summed E-state index contributed by atoms with van der Waals surface area (Å²) in [5.74, 6) is 1.73. The number of ether oxygens (including phenoxy) is 1. The first-order chi connectivity index (χ1) is 11.2. The molecule has 0 radical (unpaired) electrons. The maximum atomic E-state index is 11.7. The molecule has 7 heteroatoms. The minimum atomic E-state index is -0.00898. The van der Waals surface area contributed by atoms with Crippen LogP contribution in [0.15, 0.2) is 28.8 Å². The second-order valence-electron chi connectivity index (χ2n) is 5.05. The minimum Gasteiger partial charge on any atom is -0.497 e. The van der Waals surface area contributed by atoms with E-state index in [4.69, 9.17) is 9.26 Å². The number of hydrogen-bond acceptors (Lipinski definition) is 6. The number of nitrogens with zero attached hydrogens (tertiary/aromatic N) is 2. The molecule has 1 aromatic carbocycles. The highest BCUT2D eigenvalue weighted by atomic mass is 16.5. The molecule has 0 aliphatic heterocycles. The summed E-state index contributed by atoms with van der Waals surface area (Å²) in [7, 11) is 3.50. The smallest absolute Gasteiger partial charge is 0.227 e. The Kier molecular flexibility index (Phi) is 6.56. The Bertz CT molecular complexity index is 610. The number of nitrogens with one attached hydrogen (secondary N) is 2. The van der Waals surface area contributed by atoms with E-state index >= 15 is 0 Å². The predicted octanol–water partition coefficient (Wildman–Crippen LogP) is 1.40. The first-order valence-electron chi connectivity index (χ1n) is 7.61. The van der Waals surface area contributed by atoms with Gasteiger partial charge in [-0.3, -0.25) is 4.79 Å². The van der Waals surface area contributed by atoms with Crippen LogP contribution in [0.25, 0.3) is 11.4 Å². The fourth-order valence-electron chi connectivity index (χ4n) is 2.02. The lowest BCUT2D eigenvalue weighted by Gasteiger charge is -2.03. The Morgan fingerprint density at radius 2 is 2.04 bits per heavy atom. The third-order valence-electron chi connectivity index (χ3n) is 3.31. The van der Waals surface area contributed by atoms with Gasteiger partial charge in [0.05, 0.1) is 7.11 Å². The lowest BCUT2D eigenvalue weighted by molar-refractivity contribution is -0.121. The van der Waals surface area contributed by atoms with E-state index in [0.29, 0.717) is 31.1 Å². The fraction of sp³-hybridized carbons (Fsp3) is 0.438. The Hall–Kier alpha value is -2.41. The third-order valence-corrected chi connectivity index (χ3v) is 3.31. The zero-order valence-corrected chi connectivity index (χ0v) is 13.5. The molecule has 0 unspecified atom stereocenters. The van der Waals surface area contributed by atoms with Crippen LogP contribution in [0.2, 0.25) is 0 Å². The van der Waals surface area contributed by atoms with Crippen molar-refractivity contribution >= 4 is 5.91 Å². The average molecular weight is 318 g/mol. The predicted molar refractivity (Wildman–Crippen MR) is 86.2 cm³/mol. The van der Waals surface area contributed by atoms with Gasteiger partial charge in [0, 0.05) is 24.9 Å². The van der Waals surface area contributed by atoms with Crippen molar-refractivity contribution in [3.63, 3.8) is 0 Å². The van der Waals surface area contributed by atoms with Crippen LogP contribution in [0.4, 0.5) is 0 Å². The van der Waals surface area contributed by atoms with E-state index in [9.17, 15) is 4.79 Å². The van der Waals surface area contributed by atoms with Crippen molar-refractivity contribution in [2.24, 2.45) is 0 Å². The highest BCUT2D eigenvalue weighted by Gasteiger charge is 2.10. The van der Waals surface area contributed by atoms with E-state index in [1.54, 1.807) is 7.11 Å². The van der Waals surface area contributed by atoms with Gasteiger partial charge in [-0.05, 0) is 44.3 Å². The lowest BCUT2D eigenvalue weighted by atomic mass is 10.2. The molecule has 0 saturated carbocycles. The molecule has 2 rings (SSSR count). The molecule has 0 atom stereocenters. The fourth-order valence-corrected chi connectivity index (χ4v) is 2.02. The van der Waals surface area contributed by atoms with Gasteiger partial charge >= 0.3 is 0 Å². The van der Waals surface area contributed by atoms with E-state index < -0.39 is 0 Å². The molecule has 7 nitrogen and oxygen atoms in total. The molecule has 0 saturated heterocycles. The summed E-state index contributed by atoms with van der Waals surface area (Å²) in [6, 6.07) is 7.40. The summed E-state index contributed by atoms with van der Waals surface area (Å²) in [6.45, 7) is 1.55. The molecule has 2 N–H and O–H groups in total. The topological polar surface area (TPSA) is 89.3 Å². The Balaban J connectivity index is 1.81. The van der Waals surface area contributed by atoms with E-state index in [-0.39, 0.29) is 5.91 Å². The molecule has 0 spiro atoms. The quantitative estimate of drug-likeness (QED) is 0.679. The Morgan fingerprint density at radius 3 is 2.74 bits per heavy atom. The standard InChI is InChI=1S/C16H22N4O3/c1-17-10-3-11-18-14(21)8-9-15-19-16(20-23-15)12-4-6-13(22-2)7-5-12/h4-7,17H,3,8-11H2,1-2H3,(H,18,21). The normalized spacial score (nSPS) is 10.5. The Labute approximate surface area is 135 Å². The van der Waals surface area contributed by atoms with Gasteiger partial charge in [-0.2, -0.15) is 4.98 Å². The maximum Gasteiger partial charge on any atom is 0.227 e. The van der Waals surface area contributed by atoms with Gasteiger partial charge in [0.15, 0.2) is 0 Å². The summed E-state index contributed by atoms with van der Waals surface area (Å²) in [4.78, 5) is 16.0. The molecule has 0 aliphatic carbocycles. The third kappa shape index (κ3) is 5.37. The van der Waals surface area contributed by atoms with Gasteiger partial charge in [-0.25, -0.2) is 0 Å². The van der Waals surface area contributed by atoms with Gasteiger partial charge in [-0.1, -0.05) is 5.16 Å². The lowest BCUT2D eigenvalue weighted by Crippen LogP contribution is -2.26. The molecule has 1 heterocycles. The van der Waals surface area contributed by atoms with Gasteiger partial charge < -0.3 is 19.9 Å². The summed E-state index contributed by atoms with van der Waals surface area (Å²) in [5.41, 5.74) is 0.845. The molecule has 0 bridgehead atoms. The monoisotopic (exact) mass is 318 g/mol. The second-order valence-corrected chi connectivity index (χ2v) is 5.05. The van der Waals surface area contributed by atoms with Crippen LogP contribution in [0.3, 0.4) is 0 Å². The molecular formula is C16H22N4O3. The van der Waals surface area contributed by atoms with Gasteiger partial charge in [0.1, 0.15) is 5.75 Å². The zero-order chi connectivity index (χ0) is 16.5. The molecule has 0 fully saturated rings. The van der Waals surface area contributed by atoms with Crippen molar-refractivity contribution in [1.82, 2.24) is 20.8 Å². The highest BCUT2D eigenvalue weighted by Crippen LogP contribution is 2.19. The number of carbonyl (C=O) groups excluding carboxylic acids is 1. The average Bonchev–Trinajstić information content (AvgIpc) is 3.06. The van der Waals surface area contributed by atoms with E-state index in [1.807, 2.05) is 31.3 Å². The van der Waals surface area contributed by atoms with Crippen molar-refractivity contribution in [2.75, 3.05) is 27.2 Å². The maximum absolute atomic E-state index is 11.7. The van der Waals surface area contributed by atoms with Crippen molar-refractivity contribution in [1.29, 1.82) is 0 Å². The van der Waals surface area contributed by atoms with Crippen LogP contribution in [0.1, 0.15) is 18.7 Å². The number of aromatic nitrogens is 2. The summed E-state index contributed by atoms with van der Waals surface area (Å²) in [6.07, 6.45) is 1.68. The highest BCUT2D eigenvalue weighted by molar-refractivity contribution is 5.75. The number of carbonyl (C=O) groups is 1. The number of methoxy groups -OCH3 is 1. The molecule has 1 amide bonds. The van der Waals surface area contributed by atoms with E-state index in [1.165, 1.54) is 0 Å². The van der Waals surface area contributed by atoms with Crippen LogP contribution in [0.5, 0.6) is 5.75 Å². The molecule has 0 aliphatic rings. The van der Waals surface area contributed by atoms with Crippen LogP contribution in [-0.2, 0) is 11.2 Å². The number of hydrogen-bond donors (Lipinski definition) is 2.